The van der Waals surface area contributed by atoms with Gasteiger partial charge in [-0.05, 0) is 114 Å². The molecule has 0 aromatic carbocycles. The molecule has 2 saturated carbocycles. The van der Waals surface area contributed by atoms with Crippen LogP contribution >= 0.6 is 0 Å². The van der Waals surface area contributed by atoms with Crippen molar-refractivity contribution in [3.05, 3.63) is 22.3 Å². The van der Waals surface area contributed by atoms with E-state index in [1.807, 2.05) is 22.3 Å². The zero-order chi connectivity index (χ0) is 17.7. The SMILES string of the molecule is C[Si](C)(CCC1=C2CCC(C2)C1)O[Si](C)(C)CCC1=C2CCC(C2)C1. The Morgan fingerprint density at radius 1 is 0.720 bits per heavy atom. The van der Waals surface area contributed by atoms with Gasteiger partial charge in [0.15, 0.2) is 16.6 Å². The summed E-state index contributed by atoms with van der Waals surface area (Å²) in [6, 6.07) is 2.70. The highest BCUT2D eigenvalue weighted by Gasteiger charge is 2.36. The fourth-order valence-electron chi connectivity index (χ4n) is 6.15. The molecule has 4 bridgehead atoms. The van der Waals surface area contributed by atoms with Gasteiger partial charge >= 0.3 is 0 Å². The van der Waals surface area contributed by atoms with E-state index in [0.717, 1.165) is 11.8 Å². The third-order valence-corrected chi connectivity index (χ3v) is 14.8. The van der Waals surface area contributed by atoms with Crippen LogP contribution in [-0.2, 0) is 4.12 Å². The fourth-order valence-corrected chi connectivity index (χ4v) is 14.8. The van der Waals surface area contributed by atoms with Crippen LogP contribution in [0.2, 0.25) is 38.3 Å². The normalized spacial score (nSPS) is 28.8. The maximum atomic E-state index is 6.94. The maximum absolute atomic E-state index is 6.94. The van der Waals surface area contributed by atoms with E-state index in [-0.39, 0.29) is 0 Å². The Balaban J connectivity index is 1.27. The van der Waals surface area contributed by atoms with Gasteiger partial charge in [0.2, 0.25) is 0 Å². The van der Waals surface area contributed by atoms with Crippen LogP contribution in [0.15, 0.2) is 22.3 Å². The summed E-state index contributed by atoms with van der Waals surface area (Å²) < 4.78 is 6.94. The number of fused-ring (bicyclic) bond motifs is 4. The third kappa shape index (κ3) is 4.24. The molecule has 25 heavy (non-hydrogen) atoms. The molecule has 0 spiro atoms. The van der Waals surface area contributed by atoms with E-state index in [2.05, 4.69) is 26.2 Å². The summed E-state index contributed by atoms with van der Waals surface area (Å²) in [7, 11) is -3.03. The zero-order valence-electron chi connectivity index (χ0n) is 17.0. The van der Waals surface area contributed by atoms with Crippen molar-refractivity contribution in [1.82, 2.24) is 0 Å². The van der Waals surface area contributed by atoms with E-state index in [1.165, 1.54) is 76.3 Å². The Morgan fingerprint density at radius 2 is 1.16 bits per heavy atom. The molecule has 0 saturated heterocycles. The van der Waals surface area contributed by atoms with Gasteiger partial charge in [0.1, 0.15) is 0 Å². The molecular formula is C22H38OSi2. The highest BCUT2D eigenvalue weighted by molar-refractivity contribution is 6.84. The monoisotopic (exact) mass is 374 g/mol. The van der Waals surface area contributed by atoms with Gasteiger partial charge in [0.05, 0.1) is 0 Å². The fraction of sp³-hybridized carbons (Fsp3) is 0.818. The van der Waals surface area contributed by atoms with Crippen LogP contribution in [0.4, 0.5) is 0 Å². The molecule has 2 fully saturated rings. The van der Waals surface area contributed by atoms with Gasteiger partial charge in [-0.3, -0.25) is 0 Å². The summed E-state index contributed by atoms with van der Waals surface area (Å²) in [4.78, 5) is 0. The molecule has 4 aliphatic carbocycles. The molecule has 0 heterocycles. The highest BCUT2D eigenvalue weighted by Crippen LogP contribution is 2.47. The first-order valence-electron chi connectivity index (χ1n) is 10.9. The molecule has 0 N–H and O–H groups in total. The molecule has 3 heteroatoms. The van der Waals surface area contributed by atoms with Crippen molar-refractivity contribution in [3.63, 3.8) is 0 Å². The zero-order valence-corrected chi connectivity index (χ0v) is 19.0. The van der Waals surface area contributed by atoms with Crippen LogP contribution < -0.4 is 0 Å². The van der Waals surface area contributed by atoms with Crippen LogP contribution in [0.1, 0.15) is 64.2 Å². The predicted octanol–water partition coefficient (Wildman–Crippen LogP) is 7.19. The van der Waals surface area contributed by atoms with Crippen molar-refractivity contribution in [2.75, 3.05) is 0 Å². The first-order valence-corrected chi connectivity index (χ1v) is 17.1. The van der Waals surface area contributed by atoms with Crippen LogP contribution in [0, 0.1) is 11.8 Å². The first-order chi connectivity index (χ1) is 11.8. The summed E-state index contributed by atoms with van der Waals surface area (Å²) in [6.45, 7) is 9.94. The largest absolute Gasteiger partial charge is 0.455 e. The van der Waals surface area contributed by atoms with Crippen LogP contribution in [0.3, 0.4) is 0 Å². The molecule has 140 valence electrons. The van der Waals surface area contributed by atoms with Crippen molar-refractivity contribution in [2.45, 2.75) is 102 Å². The van der Waals surface area contributed by atoms with Gasteiger partial charge in [0, 0.05) is 0 Å². The molecule has 0 radical (unpaired) electrons. The van der Waals surface area contributed by atoms with Crippen molar-refractivity contribution in [2.24, 2.45) is 11.8 Å². The molecule has 0 amide bonds. The van der Waals surface area contributed by atoms with E-state index in [1.54, 1.807) is 0 Å². The standard InChI is InChI=1S/C22H38OSi2/c1-24(2,11-9-21-15-17-5-7-19(21)13-17)23-25(3,4)12-10-22-16-18-6-8-20(22)14-18/h17-18H,5-16H2,1-4H3. The molecule has 0 aromatic heterocycles. The molecule has 2 atom stereocenters. The molecule has 1 nitrogen and oxygen atoms in total. The number of allylic oxidation sites excluding steroid dienone is 4. The topological polar surface area (TPSA) is 9.23 Å². The van der Waals surface area contributed by atoms with E-state index >= 15 is 0 Å². The maximum Gasteiger partial charge on any atom is 0.173 e. The number of hydrogen-bond donors (Lipinski definition) is 0. The van der Waals surface area contributed by atoms with Crippen molar-refractivity contribution >= 4 is 16.6 Å². The Kier molecular flexibility index (Phi) is 4.96. The second-order valence-corrected chi connectivity index (χ2v) is 19.5. The summed E-state index contributed by atoms with van der Waals surface area (Å²) in [5, 5.41) is 0. The van der Waals surface area contributed by atoms with Gasteiger partial charge in [-0.25, -0.2) is 0 Å². The Bertz CT molecular complexity index is 547. The second kappa shape index (κ2) is 6.80. The Morgan fingerprint density at radius 3 is 1.48 bits per heavy atom. The van der Waals surface area contributed by atoms with E-state index in [0.29, 0.717) is 0 Å². The minimum Gasteiger partial charge on any atom is -0.455 e. The van der Waals surface area contributed by atoms with Crippen molar-refractivity contribution in [1.29, 1.82) is 0 Å². The highest BCUT2D eigenvalue weighted by atomic mass is 28.4. The van der Waals surface area contributed by atoms with Crippen LogP contribution in [0.5, 0.6) is 0 Å². The molecule has 0 aliphatic heterocycles. The summed E-state index contributed by atoms with van der Waals surface area (Å²) in [6.07, 6.45) is 14.2. The molecular weight excluding hydrogens is 336 g/mol. The summed E-state index contributed by atoms with van der Waals surface area (Å²) in [5.74, 6) is 2.05. The van der Waals surface area contributed by atoms with E-state index in [4.69, 9.17) is 4.12 Å². The van der Waals surface area contributed by atoms with Crippen molar-refractivity contribution < 1.29 is 4.12 Å². The summed E-state index contributed by atoms with van der Waals surface area (Å²) >= 11 is 0. The Hall–Kier alpha value is -0.126. The molecule has 4 rings (SSSR count). The van der Waals surface area contributed by atoms with Gasteiger partial charge < -0.3 is 4.12 Å². The minimum atomic E-state index is -1.52. The summed E-state index contributed by atoms with van der Waals surface area (Å²) in [5.41, 5.74) is 7.37. The van der Waals surface area contributed by atoms with Crippen LogP contribution in [0.25, 0.3) is 0 Å². The third-order valence-electron chi connectivity index (χ3n) is 7.46. The smallest absolute Gasteiger partial charge is 0.173 e. The van der Waals surface area contributed by atoms with Gasteiger partial charge in [0.25, 0.3) is 0 Å². The lowest BCUT2D eigenvalue weighted by Crippen LogP contribution is -2.44. The first kappa shape index (κ1) is 18.2. The number of hydrogen-bond acceptors (Lipinski definition) is 1. The molecule has 0 aromatic rings. The van der Waals surface area contributed by atoms with E-state index < -0.39 is 16.6 Å². The molecule has 2 unspecified atom stereocenters. The lowest BCUT2D eigenvalue weighted by molar-refractivity contribution is 0.524. The van der Waals surface area contributed by atoms with Crippen LogP contribution in [-0.4, -0.2) is 16.6 Å². The second-order valence-electron chi connectivity index (χ2n) is 10.7. The quantitative estimate of drug-likeness (QED) is 0.322. The van der Waals surface area contributed by atoms with Crippen molar-refractivity contribution in [3.8, 4) is 0 Å². The minimum absolute atomic E-state index is 1.03. The van der Waals surface area contributed by atoms with E-state index in [9.17, 15) is 0 Å². The lowest BCUT2D eigenvalue weighted by atomic mass is 9.98. The number of rotatable bonds is 8. The Labute approximate surface area is 157 Å². The predicted molar refractivity (Wildman–Crippen MR) is 113 cm³/mol. The lowest BCUT2D eigenvalue weighted by Gasteiger charge is -2.35. The van der Waals surface area contributed by atoms with Gasteiger partial charge in [-0.1, -0.05) is 22.3 Å². The molecule has 4 aliphatic rings. The average molecular weight is 375 g/mol. The average Bonchev–Trinajstić information content (AvgIpc) is 3.30. The van der Waals surface area contributed by atoms with Gasteiger partial charge in [-0.2, -0.15) is 0 Å². The van der Waals surface area contributed by atoms with Gasteiger partial charge in [-0.15, -0.1) is 0 Å².